The maximum atomic E-state index is 9.64. The average molecular weight is 278 g/mol. The smallest absolute Gasteiger partial charge is 0.145 e. The first-order valence-electron chi connectivity index (χ1n) is 7.33. The fourth-order valence-electron chi connectivity index (χ4n) is 1.45. The lowest BCUT2D eigenvalue weighted by Crippen LogP contribution is -2.21. The van der Waals surface area contributed by atoms with Crippen LogP contribution in [0.5, 0.6) is 0 Å². The van der Waals surface area contributed by atoms with Crippen molar-refractivity contribution in [3.63, 3.8) is 0 Å². The highest BCUT2D eigenvalue weighted by atomic mass is 16.3. The van der Waals surface area contributed by atoms with Crippen LogP contribution in [0, 0.1) is 23.7 Å². The average Bonchev–Trinajstić information content (AvgIpc) is 2.46. The van der Waals surface area contributed by atoms with Crippen molar-refractivity contribution in [3.05, 3.63) is 12.2 Å². The Hall–Kier alpha value is -1.26. The lowest BCUT2D eigenvalue weighted by atomic mass is 10.1. The van der Waals surface area contributed by atoms with E-state index in [1.807, 2.05) is 13.0 Å². The third-order valence-electron chi connectivity index (χ3n) is 2.79. The monoisotopic (exact) mass is 278 g/mol. The van der Waals surface area contributed by atoms with Crippen molar-refractivity contribution < 1.29 is 15.3 Å². The van der Waals surface area contributed by atoms with Gasteiger partial charge >= 0.3 is 0 Å². The molecule has 0 aromatic rings. The molecular weight excluding hydrogens is 252 g/mol. The van der Waals surface area contributed by atoms with E-state index in [4.69, 9.17) is 0 Å². The number of aliphatic hydroxyl groups excluding tert-OH is 3. The van der Waals surface area contributed by atoms with E-state index >= 15 is 0 Å². The molecule has 0 fully saturated rings. The summed E-state index contributed by atoms with van der Waals surface area (Å²) in [7, 11) is 0. The summed E-state index contributed by atoms with van der Waals surface area (Å²) in [4.78, 5) is 0. The molecule has 0 radical (unpaired) electrons. The zero-order valence-electron chi connectivity index (χ0n) is 12.5. The second-order valence-corrected chi connectivity index (χ2v) is 4.68. The van der Waals surface area contributed by atoms with Crippen LogP contribution in [0.2, 0.25) is 0 Å². The fourth-order valence-corrected chi connectivity index (χ4v) is 1.45. The number of aliphatic hydroxyl groups is 3. The molecule has 0 amide bonds. The van der Waals surface area contributed by atoms with Crippen molar-refractivity contribution in [3.8, 4) is 23.7 Å². The van der Waals surface area contributed by atoms with Crippen molar-refractivity contribution in [2.75, 3.05) is 0 Å². The second kappa shape index (κ2) is 12.8. The van der Waals surface area contributed by atoms with Crippen molar-refractivity contribution >= 4 is 0 Å². The van der Waals surface area contributed by atoms with Crippen LogP contribution in [-0.2, 0) is 0 Å². The summed E-state index contributed by atoms with van der Waals surface area (Å²) in [6.07, 6.45) is 6.78. The predicted octanol–water partition coefficient (Wildman–Crippen LogP) is 2.01. The molecule has 0 saturated carbocycles. The largest absolute Gasteiger partial charge is 0.385 e. The molecule has 3 atom stereocenters. The summed E-state index contributed by atoms with van der Waals surface area (Å²) >= 11 is 0. The summed E-state index contributed by atoms with van der Waals surface area (Å²) in [6.45, 7) is 3.98. The minimum absolute atomic E-state index is 0.542. The molecule has 0 unspecified atom stereocenters. The van der Waals surface area contributed by atoms with Crippen LogP contribution in [0.3, 0.4) is 0 Å². The van der Waals surface area contributed by atoms with Gasteiger partial charge in [0.2, 0.25) is 0 Å². The van der Waals surface area contributed by atoms with Gasteiger partial charge in [0.05, 0.1) is 0 Å². The van der Waals surface area contributed by atoms with Crippen LogP contribution in [0.15, 0.2) is 12.2 Å². The van der Waals surface area contributed by atoms with Gasteiger partial charge < -0.3 is 15.3 Å². The van der Waals surface area contributed by atoms with Crippen molar-refractivity contribution in [1.82, 2.24) is 0 Å². The molecule has 0 saturated heterocycles. The molecule has 0 aliphatic heterocycles. The lowest BCUT2D eigenvalue weighted by Gasteiger charge is -2.06. The van der Waals surface area contributed by atoms with Gasteiger partial charge in [-0.05, 0) is 31.1 Å². The number of rotatable bonds is 8. The van der Waals surface area contributed by atoms with Gasteiger partial charge in [0.15, 0.2) is 0 Å². The van der Waals surface area contributed by atoms with Gasteiger partial charge in [0.1, 0.15) is 18.3 Å². The van der Waals surface area contributed by atoms with E-state index in [0.29, 0.717) is 6.42 Å². The highest BCUT2D eigenvalue weighted by molar-refractivity contribution is 5.29. The van der Waals surface area contributed by atoms with E-state index in [0.717, 1.165) is 12.8 Å². The highest BCUT2D eigenvalue weighted by Crippen LogP contribution is 2.04. The molecule has 0 heterocycles. The molecule has 3 nitrogen and oxygen atoms in total. The maximum absolute atomic E-state index is 9.64. The Bertz CT molecular complexity index is 379. The molecule has 0 aromatic heterocycles. The van der Waals surface area contributed by atoms with E-state index in [-0.39, 0.29) is 0 Å². The van der Waals surface area contributed by atoms with Gasteiger partial charge in [0, 0.05) is 0 Å². The van der Waals surface area contributed by atoms with E-state index in [1.54, 1.807) is 6.08 Å². The molecule has 20 heavy (non-hydrogen) atoms. The standard InChI is InChI=1S/C17H26O3/c1-3-5-6-7-8-9-13-16(19)17(20)14-11-10-12-15(18)4-2/h9,13,15-20H,3-8H2,1-2H3/b13-9+/t15-,16-,17+/m0/s1. The van der Waals surface area contributed by atoms with Crippen molar-refractivity contribution in [2.24, 2.45) is 0 Å². The quantitative estimate of drug-likeness (QED) is 0.361. The SMILES string of the molecule is CCCCCC/C=C/[C@H](O)[C@H](O)C#CC#C[C@@H](O)CC. The Morgan fingerprint density at radius 1 is 0.950 bits per heavy atom. The molecule has 0 spiro atoms. The Balaban J connectivity index is 4.02. The van der Waals surface area contributed by atoms with Gasteiger partial charge in [0.25, 0.3) is 0 Å². The molecule has 0 bridgehead atoms. The number of hydrogen-bond donors (Lipinski definition) is 3. The van der Waals surface area contributed by atoms with Crippen LogP contribution in [-0.4, -0.2) is 33.6 Å². The molecule has 112 valence electrons. The molecule has 0 aliphatic carbocycles. The first-order valence-corrected chi connectivity index (χ1v) is 7.33. The normalized spacial score (nSPS) is 14.8. The lowest BCUT2D eigenvalue weighted by molar-refractivity contribution is 0.0868. The molecule has 0 rings (SSSR count). The zero-order chi connectivity index (χ0) is 15.2. The van der Waals surface area contributed by atoms with E-state index in [9.17, 15) is 15.3 Å². The van der Waals surface area contributed by atoms with Crippen LogP contribution < -0.4 is 0 Å². The summed E-state index contributed by atoms with van der Waals surface area (Å²) in [6, 6.07) is 0. The van der Waals surface area contributed by atoms with E-state index < -0.39 is 18.3 Å². The first kappa shape index (κ1) is 18.7. The number of hydrogen-bond acceptors (Lipinski definition) is 3. The van der Waals surface area contributed by atoms with Crippen molar-refractivity contribution in [1.29, 1.82) is 0 Å². The Labute approximate surface area is 122 Å². The molecule has 3 N–H and O–H groups in total. The predicted molar refractivity (Wildman–Crippen MR) is 81.8 cm³/mol. The first-order chi connectivity index (χ1) is 9.61. The molecule has 0 aliphatic rings. The van der Waals surface area contributed by atoms with Crippen LogP contribution in [0.1, 0.15) is 52.4 Å². The van der Waals surface area contributed by atoms with Gasteiger partial charge in [-0.25, -0.2) is 0 Å². The number of unbranched alkanes of at least 4 members (excludes halogenated alkanes) is 4. The minimum Gasteiger partial charge on any atom is -0.385 e. The maximum Gasteiger partial charge on any atom is 0.145 e. The van der Waals surface area contributed by atoms with Gasteiger partial charge in [-0.3, -0.25) is 0 Å². The zero-order valence-corrected chi connectivity index (χ0v) is 12.5. The third-order valence-corrected chi connectivity index (χ3v) is 2.79. The van der Waals surface area contributed by atoms with Crippen LogP contribution >= 0.6 is 0 Å². The summed E-state index contributed by atoms with van der Waals surface area (Å²) in [5.41, 5.74) is 0. The molecule has 0 aromatic carbocycles. The van der Waals surface area contributed by atoms with Gasteiger partial charge in [-0.2, -0.15) is 0 Å². The summed E-state index contributed by atoms with van der Waals surface area (Å²) in [5.74, 6) is 9.85. The second-order valence-electron chi connectivity index (χ2n) is 4.68. The van der Waals surface area contributed by atoms with Gasteiger partial charge in [-0.1, -0.05) is 57.1 Å². The molecular formula is C17H26O3. The Morgan fingerprint density at radius 3 is 2.30 bits per heavy atom. The van der Waals surface area contributed by atoms with E-state index in [2.05, 4.69) is 30.6 Å². The molecule has 3 heteroatoms. The fraction of sp³-hybridized carbons (Fsp3) is 0.647. The minimum atomic E-state index is -1.14. The topological polar surface area (TPSA) is 60.7 Å². The Kier molecular flexibility index (Phi) is 12.0. The van der Waals surface area contributed by atoms with Gasteiger partial charge in [-0.15, -0.1) is 0 Å². The summed E-state index contributed by atoms with van der Waals surface area (Å²) in [5, 5.41) is 28.4. The van der Waals surface area contributed by atoms with Crippen LogP contribution in [0.4, 0.5) is 0 Å². The van der Waals surface area contributed by atoms with E-state index in [1.165, 1.54) is 19.3 Å². The van der Waals surface area contributed by atoms with Crippen LogP contribution in [0.25, 0.3) is 0 Å². The van der Waals surface area contributed by atoms with Crippen molar-refractivity contribution in [2.45, 2.75) is 70.7 Å². The highest BCUT2D eigenvalue weighted by Gasteiger charge is 2.08. The number of allylic oxidation sites excluding steroid dienone is 1. The summed E-state index contributed by atoms with van der Waals surface area (Å²) < 4.78 is 0. The Morgan fingerprint density at radius 2 is 1.65 bits per heavy atom. The third kappa shape index (κ3) is 10.6.